The first-order chi connectivity index (χ1) is 11.2. The minimum atomic E-state index is -0.361. The van der Waals surface area contributed by atoms with E-state index in [9.17, 15) is 9.59 Å². The lowest BCUT2D eigenvalue weighted by Crippen LogP contribution is -2.49. The number of rotatable bonds is 3. The van der Waals surface area contributed by atoms with E-state index in [1.54, 1.807) is 0 Å². The highest BCUT2D eigenvalue weighted by atomic mass is 16.2. The standard InChI is InChI=1S/C18H25N3O2/c22-17(20-18(23)19-16-8-2-1-3-9-16)13-21-11-10-14-6-4-5-7-15(14)12-21/h10-12,16H,1-9,13H2,(H-,19,20,22,23)/p+1. The van der Waals surface area contributed by atoms with Crippen LogP contribution in [0.1, 0.15) is 56.1 Å². The van der Waals surface area contributed by atoms with Gasteiger partial charge in [0.25, 0.3) is 5.91 Å². The number of pyridine rings is 1. The number of carbonyl (C=O) groups excluding carboxylic acids is 2. The number of imide groups is 1. The van der Waals surface area contributed by atoms with Crippen molar-refractivity contribution in [3.05, 3.63) is 29.6 Å². The van der Waals surface area contributed by atoms with E-state index in [1.807, 2.05) is 17.0 Å². The molecule has 3 amide bonds. The van der Waals surface area contributed by atoms with Gasteiger partial charge in [0.1, 0.15) is 0 Å². The van der Waals surface area contributed by atoms with E-state index in [2.05, 4.69) is 16.7 Å². The third kappa shape index (κ3) is 4.53. The molecule has 0 saturated heterocycles. The molecule has 0 spiro atoms. The fourth-order valence-corrected chi connectivity index (χ4v) is 3.62. The van der Waals surface area contributed by atoms with Crippen LogP contribution in [0.25, 0.3) is 0 Å². The van der Waals surface area contributed by atoms with Gasteiger partial charge in [0.15, 0.2) is 12.4 Å². The number of amides is 3. The van der Waals surface area contributed by atoms with Crippen LogP contribution in [0.4, 0.5) is 4.79 Å². The number of hydrogen-bond donors (Lipinski definition) is 2. The molecule has 0 radical (unpaired) electrons. The topological polar surface area (TPSA) is 62.1 Å². The highest BCUT2D eigenvalue weighted by molar-refractivity contribution is 5.93. The Morgan fingerprint density at radius 3 is 2.57 bits per heavy atom. The zero-order valence-corrected chi connectivity index (χ0v) is 13.6. The Labute approximate surface area is 137 Å². The number of fused-ring (bicyclic) bond motifs is 1. The van der Waals surface area contributed by atoms with Crippen LogP contribution in [0.3, 0.4) is 0 Å². The Hall–Kier alpha value is -1.91. The van der Waals surface area contributed by atoms with Gasteiger partial charge in [-0.1, -0.05) is 19.3 Å². The lowest BCUT2D eigenvalue weighted by Gasteiger charge is -2.22. The largest absolute Gasteiger partial charge is 0.335 e. The van der Waals surface area contributed by atoms with E-state index in [-0.39, 0.29) is 24.5 Å². The summed E-state index contributed by atoms with van der Waals surface area (Å²) in [6.07, 6.45) is 14.2. The molecule has 124 valence electrons. The third-order valence-corrected chi connectivity index (χ3v) is 4.86. The number of hydrogen-bond acceptors (Lipinski definition) is 2. The van der Waals surface area contributed by atoms with Gasteiger partial charge in [0, 0.05) is 17.7 Å². The number of urea groups is 1. The van der Waals surface area contributed by atoms with Gasteiger partial charge in [-0.05, 0) is 44.1 Å². The number of carbonyl (C=O) groups is 2. The van der Waals surface area contributed by atoms with E-state index in [4.69, 9.17) is 0 Å². The maximum Gasteiger partial charge on any atom is 0.321 e. The van der Waals surface area contributed by atoms with Gasteiger partial charge in [-0.2, -0.15) is 4.57 Å². The first kappa shape index (κ1) is 16.0. The molecule has 1 aromatic rings. The van der Waals surface area contributed by atoms with E-state index >= 15 is 0 Å². The van der Waals surface area contributed by atoms with E-state index in [1.165, 1.54) is 30.4 Å². The van der Waals surface area contributed by atoms with Gasteiger partial charge in [-0.3, -0.25) is 10.1 Å². The number of aromatic nitrogens is 1. The molecule has 0 aromatic carbocycles. The van der Waals surface area contributed by atoms with Crippen molar-refractivity contribution in [1.82, 2.24) is 10.6 Å². The summed E-state index contributed by atoms with van der Waals surface area (Å²) in [6.45, 7) is 0.186. The van der Waals surface area contributed by atoms with Crippen molar-refractivity contribution < 1.29 is 14.2 Å². The van der Waals surface area contributed by atoms with Crippen LogP contribution in [-0.4, -0.2) is 18.0 Å². The summed E-state index contributed by atoms with van der Waals surface area (Å²) in [5.74, 6) is -0.265. The van der Waals surface area contributed by atoms with Crippen molar-refractivity contribution in [2.75, 3.05) is 0 Å². The second-order valence-corrected chi connectivity index (χ2v) is 6.73. The molecule has 1 fully saturated rings. The molecule has 1 aromatic heterocycles. The van der Waals surface area contributed by atoms with Gasteiger partial charge < -0.3 is 5.32 Å². The monoisotopic (exact) mass is 316 g/mol. The van der Waals surface area contributed by atoms with Crippen LogP contribution in [-0.2, 0) is 24.2 Å². The molecular weight excluding hydrogens is 290 g/mol. The third-order valence-electron chi connectivity index (χ3n) is 4.86. The van der Waals surface area contributed by atoms with Gasteiger partial charge >= 0.3 is 6.03 Å². The molecule has 0 unspecified atom stereocenters. The molecule has 0 aliphatic heterocycles. The highest BCUT2D eigenvalue weighted by Gasteiger charge is 2.19. The van der Waals surface area contributed by atoms with Crippen LogP contribution in [0.5, 0.6) is 0 Å². The summed E-state index contributed by atoms with van der Waals surface area (Å²) in [5.41, 5.74) is 2.72. The SMILES string of the molecule is O=C(C[n+]1ccc2c(c1)CCCC2)NC(=O)NC1CCCCC1. The molecule has 5 heteroatoms. The Morgan fingerprint density at radius 2 is 1.78 bits per heavy atom. The molecule has 2 N–H and O–H groups in total. The molecule has 23 heavy (non-hydrogen) atoms. The van der Waals surface area contributed by atoms with Gasteiger partial charge in [0.05, 0.1) is 0 Å². The Bertz CT molecular complexity index is 580. The fourth-order valence-electron chi connectivity index (χ4n) is 3.62. The number of aryl methyl sites for hydroxylation is 2. The Morgan fingerprint density at radius 1 is 1.04 bits per heavy atom. The quantitative estimate of drug-likeness (QED) is 0.838. The van der Waals surface area contributed by atoms with Crippen LogP contribution in [0.15, 0.2) is 18.5 Å². The lowest BCUT2D eigenvalue weighted by molar-refractivity contribution is -0.684. The van der Waals surface area contributed by atoms with Crippen molar-refractivity contribution in [3.63, 3.8) is 0 Å². The molecule has 1 saturated carbocycles. The highest BCUT2D eigenvalue weighted by Crippen LogP contribution is 2.19. The molecule has 3 rings (SSSR count). The maximum atomic E-state index is 12.0. The van der Waals surface area contributed by atoms with Gasteiger partial charge in [0.2, 0.25) is 6.54 Å². The molecular formula is C18H26N3O2+. The van der Waals surface area contributed by atoms with Crippen molar-refractivity contribution in [2.24, 2.45) is 0 Å². The van der Waals surface area contributed by atoms with Crippen LogP contribution < -0.4 is 15.2 Å². The van der Waals surface area contributed by atoms with Crippen LogP contribution in [0.2, 0.25) is 0 Å². The molecule has 5 nitrogen and oxygen atoms in total. The smallest absolute Gasteiger partial charge is 0.321 e. The number of nitrogens with one attached hydrogen (secondary N) is 2. The Balaban J connectivity index is 1.49. The predicted octanol–water partition coefficient (Wildman–Crippen LogP) is 2.01. The molecule has 2 aliphatic carbocycles. The van der Waals surface area contributed by atoms with Crippen LogP contribution >= 0.6 is 0 Å². The summed E-state index contributed by atoms with van der Waals surface area (Å²) < 4.78 is 1.87. The second kappa shape index (κ2) is 7.57. The molecule has 0 atom stereocenters. The lowest BCUT2D eigenvalue weighted by atomic mass is 9.93. The average Bonchev–Trinajstić information content (AvgIpc) is 2.55. The Kier molecular flexibility index (Phi) is 5.26. The fraction of sp³-hybridized carbons (Fsp3) is 0.611. The van der Waals surface area contributed by atoms with Crippen molar-refractivity contribution >= 4 is 11.9 Å². The summed E-state index contributed by atoms with van der Waals surface area (Å²) in [4.78, 5) is 23.9. The van der Waals surface area contributed by atoms with Crippen molar-refractivity contribution in [3.8, 4) is 0 Å². The number of nitrogens with zero attached hydrogens (tertiary/aromatic N) is 1. The summed E-state index contributed by atoms with van der Waals surface area (Å²) >= 11 is 0. The van der Waals surface area contributed by atoms with E-state index in [0.717, 1.165) is 38.5 Å². The second-order valence-electron chi connectivity index (χ2n) is 6.73. The average molecular weight is 316 g/mol. The van der Waals surface area contributed by atoms with E-state index in [0.29, 0.717) is 0 Å². The predicted molar refractivity (Wildman–Crippen MR) is 86.8 cm³/mol. The molecule has 1 heterocycles. The maximum absolute atomic E-state index is 12.0. The van der Waals surface area contributed by atoms with Gasteiger partial charge in [-0.15, -0.1) is 0 Å². The zero-order chi connectivity index (χ0) is 16.1. The van der Waals surface area contributed by atoms with Crippen LogP contribution in [0, 0.1) is 0 Å². The summed E-state index contributed by atoms with van der Waals surface area (Å²) in [6, 6.07) is 1.96. The minimum Gasteiger partial charge on any atom is -0.335 e. The minimum absolute atomic E-state index is 0.186. The zero-order valence-electron chi connectivity index (χ0n) is 13.6. The van der Waals surface area contributed by atoms with Gasteiger partial charge in [-0.25, -0.2) is 4.79 Å². The van der Waals surface area contributed by atoms with Crippen molar-refractivity contribution in [2.45, 2.75) is 70.4 Å². The summed E-state index contributed by atoms with van der Waals surface area (Å²) in [7, 11) is 0. The first-order valence-electron chi connectivity index (χ1n) is 8.82. The first-order valence-corrected chi connectivity index (χ1v) is 8.82. The summed E-state index contributed by atoms with van der Waals surface area (Å²) in [5, 5.41) is 5.35. The van der Waals surface area contributed by atoms with E-state index < -0.39 is 0 Å². The van der Waals surface area contributed by atoms with Crippen molar-refractivity contribution in [1.29, 1.82) is 0 Å². The molecule has 0 bridgehead atoms. The molecule has 2 aliphatic rings. The normalized spacial score (nSPS) is 18.1.